The molecular formula is C12H15Br2NOS. The molecule has 1 aliphatic carbocycles. The molecule has 1 aromatic heterocycles. The zero-order valence-corrected chi connectivity index (χ0v) is 13.6. The van der Waals surface area contributed by atoms with Crippen LogP contribution in [0, 0.1) is 5.92 Å². The number of carbonyl (C=O) groups excluding carboxylic acids is 1. The lowest BCUT2D eigenvalue weighted by Crippen LogP contribution is -2.40. The highest BCUT2D eigenvalue weighted by atomic mass is 79.9. The van der Waals surface area contributed by atoms with Crippen LogP contribution in [-0.4, -0.2) is 11.9 Å². The number of thiophene rings is 1. The van der Waals surface area contributed by atoms with Crippen LogP contribution in [0.5, 0.6) is 0 Å². The molecule has 1 aliphatic rings. The fourth-order valence-corrected chi connectivity index (χ4v) is 4.17. The van der Waals surface area contributed by atoms with E-state index in [0.717, 1.165) is 19.6 Å². The molecule has 1 amide bonds. The Morgan fingerprint density at radius 1 is 1.41 bits per heavy atom. The highest BCUT2D eigenvalue weighted by Gasteiger charge is 2.24. The third-order valence-corrected chi connectivity index (χ3v) is 6.55. The van der Waals surface area contributed by atoms with E-state index in [1.165, 1.54) is 30.6 Å². The lowest BCUT2D eigenvalue weighted by Gasteiger charge is -2.29. The molecule has 0 aliphatic heterocycles. The molecule has 2 nitrogen and oxygen atoms in total. The van der Waals surface area contributed by atoms with Gasteiger partial charge in [0.25, 0.3) is 5.91 Å². The van der Waals surface area contributed by atoms with Crippen LogP contribution < -0.4 is 5.32 Å². The summed E-state index contributed by atoms with van der Waals surface area (Å²) >= 11 is 8.29. The summed E-state index contributed by atoms with van der Waals surface area (Å²) < 4.78 is 1.92. The number of hydrogen-bond donors (Lipinski definition) is 1. The van der Waals surface area contributed by atoms with Gasteiger partial charge in [0.15, 0.2) is 0 Å². The average Bonchev–Trinajstić information content (AvgIpc) is 2.63. The third-order valence-electron chi connectivity index (χ3n) is 3.30. The van der Waals surface area contributed by atoms with Crippen LogP contribution in [0.3, 0.4) is 0 Å². The van der Waals surface area contributed by atoms with Gasteiger partial charge in [-0.1, -0.05) is 19.8 Å². The van der Waals surface area contributed by atoms with Gasteiger partial charge >= 0.3 is 0 Å². The highest BCUT2D eigenvalue weighted by molar-refractivity contribution is 9.13. The van der Waals surface area contributed by atoms with Crippen LogP contribution in [0.25, 0.3) is 0 Å². The van der Waals surface area contributed by atoms with E-state index < -0.39 is 0 Å². The van der Waals surface area contributed by atoms with E-state index >= 15 is 0 Å². The van der Waals surface area contributed by atoms with Gasteiger partial charge in [-0.25, -0.2) is 0 Å². The smallest absolute Gasteiger partial charge is 0.261 e. The van der Waals surface area contributed by atoms with E-state index in [-0.39, 0.29) is 5.91 Å². The maximum Gasteiger partial charge on any atom is 0.261 e. The molecule has 0 unspecified atom stereocenters. The second-order valence-corrected chi connectivity index (χ2v) is 7.80. The summed E-state index contributed by atoms with van der Waals surface area (Å²) in [6.07, 6.45) is 4.86. The van der Waals surface area contributed by atoms with Crippen LogP contribution in [0.4, 0.5) is 0 Å². The van der Waals surface area contributed by atoms with Crippen molar-refractivity contribution in [2.75, 3.05) is 0 Å². The standard InChI is InChI=1S/C12H15Br2NOS/c1-7-4-2-3-5-9(7)15-12(16)10-6-8(13)11(14)17-10/h6-7,9H,2-5H2,1H3,(H,15,16)/t7-,9-/m1/s1. The van der Waals surface area contributed by atoms with Crippen molar-refractivity contribution in [2.45, 2.75) is 38.6 Å². The Labute approximate surface area is 122 Å². The molecule has 5 heteroatoms. The fraction of sp³-hybridized carbons (Fsp3) is 0.583. The van der Waals surface area contributed by atoms with E-state index in [4.69, 9.17) is 0 Å². The summed E-state index contributed by atoms with van der Waals surface area (Å²) in [7, 11) is 0. The van der Waals surface area contributed by atoms with Crippen LogP contribution in [-0.2, 0) is 0 Å². The minimum atomic E-state index is 0.0557. The van der Waals surface area contributed by atoms with Crippen molar-refractivity contribution < 1.29 is 4.79 Å². The second-order valence-electron chi connectivity index (χ2n) is 4.57. The minimum Gasteiger partial charge on any atom is -0.348 e. The summed E-state index contributed by atoms with van der Waals surface area (Å²) in [6, 6.07) is 2.22. The first-order chi connectivity index (χ1) is 8.08. The van der Waals surface area contributed by atoms with Crippen LogP contribution in [0.15, 0.2) is 14.3 Å². The van der Waals surface area contributed by atoms with E-state index in [2.05, 4.69) is 44.1 Å². The topological polar surface area (TPSA) is 29.1 Å². The average molecular weight is 381 g/mol. The van der Waals surface area contributed by atoms with E-state index in [0.29, 0.717) is 12.0 Å². The molecule has 17 heavy (non-hydrogen) atoms. The number of nitrogens with one attached hydrogen (secondary N) is 1. The van der Waals surface area contributed by atoms with Gasteiger partial charge in [-0.05, 0) is 56.7 Å². The summed E-state index contributed by atoms with van der Waals surface area (Å²) in [4.78, 5) is 12.8. The minimum absolute atomic E-state index is 0.0557. The predicted octanol–water partition coefficient (Wildman–Crippen LogP) is 4.58. The first-order valence-corrected chi connectivity index (χ1v) is 8.24. The van der Waals surface area contributed by atoms with Gasteiger partial charge < -0.3 is 5.32 Å². The van der Waals surface area contributed by atoms with Gasteiger partial charge in [-0.15, -0.1) is 11.3 Å². The Bertz CT molecular complexity index is 399. The van der Waals surface area contributed by atoms with Crippen molar-refractivity contribution in [3.63, 3.8) is 0 Å². The lowest BCUT2D eigenvalue weighted by molar-refractivity contribution is 0.0914. The van der Waals surface area contributed by atoms with Crippen LogP contribution in [0.2, 0.25) is 0 Å². The largest absolute Gasteiger partial charge is 0.348 e. The van der Waals surface area contributed by atoms with Gasteiger partial charge in [-0.3, -0.25) is 4.79 Å². The summed E-state index contributed by atoms with van der Waals surface area (Å²) in [5.41, 5.74) is 0. The van der Waals surface area contributed by atoms with E-state index in [1.807, 2.05) is 6.07 Å². The van der Waals surface area contributed by atoms with Crippen molar-refractivity contribution in [1.29, 1.82) is 0 Å². The van der Waals surface area contributed by atoms with Crippen molar-refractivity contribution >= 4 is 49.1 Å². The maximum absolute atomic E-state index is 12.1. The third kappa shape index (κ3) is 3.32. The Morgan fingerprint density at radius 2 is 2.12 bits per heavy atom. The number of hydrogen-bond acceptors (Lipinski definition) is 2. The fourth-order valence-electron chi connectivity index (χ4n) is 2.23. The Hall–Kier alpha value is 0.130. The maximum atomic E-state index is 12.1. The Balaban J connectivity index is 2.01. The Kier molecular flexibility index (Phi) is 4.66. The van der Waals surface area contributed by atoms with Gasteiger partial charge in [0.1, 0.15) is 0 Å². The first-order valence-electron chi connectivity index (χ1n) is 5.83. The molecule has 0 aromatic carbocycles. The van der Waals surface area contributed by atoms with E-state index in [1.54, 1.807) is 0 Å². The molecule has 2 rings (SSSR count). The SMILES string of the molecule is C[C@@H]1CCCC[C@H]1NC(=O)c1cc(Br)c(Br)s1. The number of halogens is 2. The van der Waals surface area contributed by atoms with Crippen LogP contribution in [0.1, 0.15) is 42.3 Å². The molecule has 1 fully saturated rings. The molecule has 0 bridgehead atoms. The van der Waals surface area contributed by atoms with Gasteiger partial charge in [0.05, 0.1) is 8.66 Å². The summed E-state index contributed by atoms with van der Waals surface area (Å²) in [5.74, 6) is 0.652. The molecule has 0 spiro atoms. The Morgan fingerprint density at radius 3 is 2.71 bits per heavy atom. The molecule has 1 N–H and O–H groups in total. The van der Waals surface area contributed by atoms with Gasteiger partial charge in [-0.2, -0.15) is 0 Å². The molecule has 1 aromatic rings. The molecule has 94 valence electrons. The molecule has 0 radical (unpaired) electrons. The van der Waals surface area contributed by atoms with Crippen LogP contribution >= 0.6 is 43.2 Å². The zero-order chi connectivity index (χ0) is 12.4. The lowest BCUT2D eigenvalue weighted by atomic mass is 9.86. The van der Waals surface area contributed by atoms with E-state index in [9.17, 15) is 4.79 Å². The van der Waals surface area contributed by atoms with Crippen molar-refractivity contribution in [3.05, 3.63) is 19.2 Å². The number of amides is 1. The van der Waals surface area contributed by atoms with Crippen molar-refractivity contribution in [3.8, 4) is 0 Å². The number of rotatable bonds is 2. The summed E-state index contributed by atoms with van der Waals surface area (Å²) in [6.45, 7) is 2.23. The van der Waals surface area contributed by atoms with Gasteiger partial charge in [0, 0.05) is 10.5 Å². The molecular weight excluding hydrogens is 366 g/mol. The number of carbonyl (C=O) groups is 1. The molecule has 1 saturated carbocycles. The summed E-state index contributed by atoms with van der Waals surface area (Å²) in [5, 5.41) is 3.16. The predicted molar refractivity (Wildman–Crippen MR) is 78.6 cm³/mol. The monoisotopic (exact) mass is 379 g/mol. The normalized spacial score (nSPS) is 24.6. The highest BCUT2D eigenvalue weighted by Crippen LogP contribution is 2.32. The quantitative estimate of drug-likeness (QED) is 0.799. The molecule has 0 saturated heterocycles. The van der Waals surface area contributed by atoms with Crippen molar-refractivity contribution in [2.24, 2.45) is 5.92 Å². The first kappa shape index (κ1) is 13.6. The second kappa shape index (κ2) is 5.85. The van der Waals surface area contributed by atoms with Crippen molar-refractivity contribution in [1.82, 2.24) is 5.32 Å². The molecule has 2 atom stereocenters. The molecule has 1 heterocycles. The van der Waals surface area contributed by atoms with Gasteiger partial charge in [0.2, 0.25) is 0 Å². The zero-order valence-electron chi connectivity index (χ0n) is 9.63.